The van der Waals surface area contributed by atoms with E-state index in [1.165, 1.54) is 0 Å². The van der Waals surface area contributed by atoms with Crippen molar-refractivity contribution in [2.45, 2.75) is 12.5 Å². The van der Waals surface area contributed by atoms with Gasteiger partial charge in [0.1, 0.15) is 6.61 Å². The number of nitrogens with zero attached hydrogens (tertiary/aromatic N) is 2. The Morgan fingerprint density at radius 1 is 1.36 bits per heavy atom. The van der Waals surface area contributed by atoms with Crippen molar-refractivity contribution in [2.24, 2.45) is 5.92 Å². The number of hydrogen-bond acceptors (Lipinski definition) is 4. The standard InChI is InChI=1S/C16H20N2O4/c1-17-8-11(7-15(17)19)16(20)18(2)9-12-10-21-13-5-3-4-6-14(13)22-12/h3-6,11-12H,7-10H2,1-2H3/t11-,12-/m1/s1. The quantitative estimate of drug-likeness (QED) is 0.827. The number of likely N-dealkylation sites (N-methyl/N-ethyl adjacent to an activating group) is 1. The predicted molar refractivity (Wildman–Crippen MR) is 79.7 cm³/mol. The number of benzene rings is 1. The molecule has 0 radical (unpaired) electrons. The second-order valence-corrected chi connectivity index (χ2v) is 5.89. The molecule has 0 N–H and O–H groups in total. The molecular weight excluding hydrogens is 284 g/mol. The maximum Gasteiger partial charge on any atom is 0.227 e. The molecule has 1 aromatic rings. The van der Waals surface area contributed by atoms with Crippen molar-refractivity contribution in [3.63, 3.8) is 0 Å². The summed E-state index contributed by atoms with van der Waals surface area (Å²) in [6, 6.07) is 7.50. The maximum atomic E-state index is 12.4. The third-order valence-corrected chi connectivity index (χ3v) is 4.11. The number of rotatable bonds is 3. The van der Waals surface area contributed by atoms with Crippen LogP contribution in [-0.2, 0) is 9.59 Å². The minimum Gasteiger partial charge on any atom is -0.486 e. The molecule has 2 aliphatic heterocycles. The van der Waals surface area contributed by atoms with Crippen LogP contribution >= 0.6 is 0 Å². The van der Waals surface area contributed by atoms with Gasteiger partial charge in [-0.15, -0.1) is 0 Å². The van der Waals surface area contributed by atoms with Crippen LogP contribution in [0.5, 0.6) is 11.5 Å². The van der Waals surface area contributed by atoms with Crippen molar-refractivity contribution in [3.05, 3.63) is 24.3 Å². The van der Waals surface area contributed by atoms with E-state index in [0.29, 0.717) is 31.9 Å². The number of fused-ring (bicyclic) bond motifs is 1. The fraction of sp³-hybridized carbons (Fsp3) is 0.500. The van der Waals surface area contributed by atoms with E-state index in [4.69, 9.17) is 9.47 Å². The summed E-state index contributed by atoms with van der Waals surface area (Å²) in [5.74, 6) is 1.20. The van der Waals surface area contributed by atoms with Gasteiger partial charge in [0.25, 0.3) is 0 Å². The number of carbonyl (C=O) groups is 2. The fourth-order valence-electron chi connectivity index (χ4n) is 2.89. The van der Waals surface area contributed by atoms with E-state index < -0.39 is 0 Å². The van der Waals surface area contributed by atoms with Gasteiger partial charge in [-0.25, -0.2) is 0 Å². The molecule has 118 valence electrons. The van der Waals surface area contributed by atoms with Gasteiger partial charge in [-0.1, -0.05) is 12.1 Å². The van der Waals surface area contributed by atoms with Crippen LogP contribution in [0.25, 0.3) is 0 Å². The molecule has 0 aromatic heterocycles. The largest absolute Gasteiger partial charge is 0.486 e. The molecule has 1 fully saturated rings. The number of amides is 2. The average Bonchev–Trinajstić information content (AvgIpc) is 2.85. The smallest absolute Gasteiger partial charge is 0.227 e. The first-order chi connectivity index (χ1) is 10.5. The molecule has 1 saturated heterocycles. The Balaban J connectivity index is 1.57. The molecule has 1 aromatic carbocycles. The van der Waals surface area contributed by atoms with Crippen molar-refractivity contribution < 1.29 is 19.1 Å². The molecular formula is C16H20N2O4. The number of hydrogen-bond donors (Lipinski definition) is 0. The predicted octanol–water partition coefficient (Wildman–Crippen LogP) is 0.763. The van der Waals surface area contributed by atoms with E-state index in [2.05, 4.69) is 0 Å². The first kappa shape index (κ1) is 14.7. The molecule has 0 unspecified atom stereocenters. The lowest BCUT2D eigenvalue weighted by atomic mass is 10.1. The molecule has 6 nitrogen and oxygen atoms in total. The van der Waals surface area contributed by atoms with E-state index in [1.807, 2.05) is 24.3 Å². The van der Waals surface area contributed by atoms with Gasteiger partial charge in [0.15, 0.2) is 17.6 Å². The summed E-state index contributed by atoms with van der Waals surface area (Å²) < 4.78 is 11.5. The van der Waals surface area contributed by atoms with Gasteiger partial charge in [-0.2, -0.15) is 0 Å². The Bertz CT molecular complexity index is 589. The molecule has 0 saturated carbocycles. The Morgan fingerprint density at radius 3 is 2.77 bits per heavy atom. The van der Waals surface area contributed by atoms with Crippen LogP contribution in [0.1, 0.15) is 6.42 Å². The Hall–Kier alpha value is -2.24. The van der Waals surface area contributed by atoms with Crippen LogP contribution in [-0.4, -0.2) is 61.5 Å². The van der Waals surface area contributed by atoms with Crippen molar-refractivity contribution in [1.82, 2.24) is 9.80 Å². The molecule has 2 amide bonds. The van der Waals surface area contributed by atoms with Gasteiger partial charge in [-0.3, -0.25) is 9.59 Å². The molecule has 0 spiro atoms. The van der Waals surface area contributed by atoms with Crippen molar-refractivity contribution in [2.75, 3.05) is 33.8 Å². The van der Waals surface area contributed by atoms with Crippen LogP contribution in [0.2, 0.25) is 0 Å². The van der Waals surface area contributed by atoms with E-state index >= 15 is 0 Å². The van der Waals surface area contributed by atoms with Gasteiger partial charge in [-0.05, 0) is 12.1 Å². The van der Waals surface area contributed by atoms with Gasteiger partial charge in [0.2, 0.25) is 11.8 Å². The fourth-order valence-corrected chi connectivity index (χ4v) is 2.89. The zero-order valence-electron chi connectivity index (χ0n) is 12.8. The zero-order chi connectivity index (χ0) is 15.7. The van der Waals surface area contributed by atoms with Crippen molar-refractivity contribution in [1.29, 1.82) is 0 Å². The molecule has 2 aliphatic rings. The maximum absolute atomic E-state index is 12.4. The van der Waals surface area contributed by atoms with Crippen LogP contribution in [0, 0.1) is 5.92 Å². The minimum absolute atomic E-state index is 0.0137. The highest BCUT2D eigenvalue weighted by molar-refractivity contribution is 5.89. The van der Waals surface area contributed by atoms with E-state index in [1.54, 1.807) is 23.9 Å². The normalized spacial score (nSPS) is 23.5. The van der Waals surface area contributed by atoms with Gasteiger partial charge in [0.05, 0.1) is 12.5 Å². The van der Waals surface area contributed by atoms with Crippen LogP contribution in [0.4, 0.5) is 0 Å². The van der Waals surface area contributed by atoms with Crippen molar-refractivity contribution in [3.8, 4) is 11.5 Å². The zero-order valence-corrected chi connectivity index (χ0v) is 12.8. The molecule has 22 heavy (non-hydrogen) atoms. The second kappa shape index (κ2) is 5.87. The Labute approximate surface area is 129 Å². The lowest BCUT2D eigenvalue weighted by Gasteiger charge is -2.30. The molecule has 3 rings (SSSR count). The van der Waals surface area contributed by atoms with Crippen LogP contribution < -0.4 is 9.47 Å². The van der Waals surface area contributed by atoms with E-state index in [0.717, 1.165) is 5.75 Å². The summed E-state index contributed by atoms with van der Waals surface area (Å²) in [5, 5.41) is 0. The molecule has 2 heterocycles. The van der Waals surface area contributed by atoms with Crippen molar-refractivity contribution >= 4 is 11.8 Å². The Kier molecular flexibility index (Phi) is 3.92. The SMILES string of the molecule is CN1C[C@H](C(=O)N(C)C[C@@H]2COc3ccccc3O2)CC1=O. The first-order valence-corrected chi connectivity index (χ1v) is 7.42. The Morgan fingerprint density at radius 2 is 2.09 bits per heavy atom. The number of likely N-dealkylation sites (tertiary alicyclic amines) is 1. The first-order valence-electron chi connectivity index (χ1n) is 7.42. The third kappa shape index (κ3) is 2.86. The summed E-state index contributed by atoms with van der Waals surface area (Å²) >= 11 is 0. The summed E-state index contributed by atoms with van der Waals surface area (Å²) in [6.07, 6.45) is 0.100. The topological polar surface area (TPSA) is 59.1 Å². The molecule has 6 heteroatoms. The monoisotopic (exact) mass is 304 g/mol. The summed E-state index contributed by atoms with van der Waals surface area (Å²) in [6.45, 7) is 1.35. The average molecular weight is 304 g/mol. The number of para-hydroxylation sites is 2. The highest BCUT2D eigenvalue weighted by Gasteiger charge is 2.34. The minimum atomic E-state index is -0.251. The summed E-state index contributed by atoms with van der Waals surface area (Å²) in [4.78, 5) is 27.2. The van der Waals surface area contributed by atoms with Crippen LogP contribution in [0.3, 0.4) is 0 Å². The third-order valence-electron chi connectivity index (χ3n) is 4.11. The highest BCUT2D eigenvalue weighted by Crippen LogP contribution is 2.31. The number of carbonyl (C=O) groups excluding carboxylic acids is 2. The van der Waals surface area contributed by atoms with Gasteiger partial charge >= 0.3 is 0 Å². The van der Waals surface area contributed by atoms with E-state index in [-0.39, 0.29) is 23.8 Å². The lowest BCUT2D eigenvalue weighted by molar-refractivity contribution is -0.135. The van der Waals surface area contributed by atoms with Crippen LogP contribution in [0.15, 0.2) is 24.3 Å². The van der Waals surface area contributed by atoms with E-state index in [9.17, 15) is 9.59 Å². The van der Waals surface area contributed by atoms with Gasteiger partial charge < -0.3 is 19.3 Å². The molecule has 2 atom stereocenters. The summed E-state index contributed by atoms with van der Waals surface area (Å²) in [7, 11) is 3.47. The van der Waals surface area contributed by atoms with Gasteiger partial charge in [0, 0.05) is 27.1 Å². The molecule has 0 aliphatic carbocycles. The lowest BCUT2D eigenvalue weighted by Crippen LogP contribution is -2.44. The summed E-state index contributed by atoms with van der Waals surface area (Å²) in [5.41, 5.74) is 0. The highest BCUT2D eigenvalue weighted by atomic mass is 16.6. The number of ether oxygens (including phenoxy) is 2. The molecule has 0 bridgehead atoms. The second-order valence-electron chi connectivity index (χ2n) is 5.89.